The number of hydrogen-bond acceptors (Lipinski definition) is 8. The van der Waals surface area contributed by atoms with Crippen LogP contribution >= 0.6 is 11.5 Å². The lowest BCUT2D eigenvalue weighted by Crippen LogP contribution is -2.46. The van der Waals surface area contributed by atoms with Crippen molar-refractivity contribution < 1.29 is 28.2 Å². The predicted octanol–water partition coefficient (Wildman–Crippen LogP) is 3.43. The smallest absolute Gasteiger partial charge is 0.273 e. The number of anilines is 2. The molecule has 5 N–H and O–H groups in total. The number of benzene rings is 2. The summed E-state index contributed by atoms with van der Waals surface area (Å²) in [5.41, 5.74) is 11.7. The molecule has 1 aromatic heterocycles. The molecular formula is C26H28FN5O5S. The Balaban J connectivity index is 1.89. The van der Waals surface area contributed by atoms with Gasteiger partial charge in [-0.15, -0.1) is 0 Å². The number of hydrogen-bond donors (Lipinski definition) is 3. The largest absolute Gasteiger partial charge is 0.493 e. The first-order valence-corrected chi connectivity index (χ1v) is 12.7. The summed E-state index contributed by atoms with van der Waals surface area (Å²) in [6, 6.07) is 8.77. The normalized spacial score (nSPS) is 14.1. The van der Waals surface area contributed by atoms with Crippen LogP contribution in [0.3, 0.4) is 0 Å². The zero-order valence-electron chi connectivity index (χ0n) is 20.9. The van der Waals surface area contributed by atoms with Gasteiger partial charge in [-0.1, -0.05) is 25.0 Å². The molecule has 38 heavy (non-hydrogen) atoms. The Hall–Kier alpha value is -4.19. The first-order valence-electron chi connectivity index (χ1n) is 11.9. The van der Waals surface area contributed by atoms with Gasteiger partial charge in [-0.3, -0.25) is 19.3 Å². The number of amides is 3. The van der Waals surface area contributed by atoms with Crippen LogP contribution in [0.2, 0.25) is 0 Å². The van der Waals surface area contributed by atoms with Crippen LogP contribution < -0.4 is 31.2 Å². The SMILES string of the molecule is COc1ccc(N(C(=O)c2snc(C(N)=O)c2N)[C@H](C(=O)NC2CCCC2)c2ccc(F)cc2)cc1OC. The molecule has 2 aromatic carbocycles. The zero-order valence-corrected chi connectivity index (χ0v) is 21.7. The number of nitrogens with zero attached hydrogens (tertiary/aromatic N) is 2. The highest BCUT2D eigenvalue weighted by Gasteiger charge is 2.37. The summed E-state index contributed by atoms with van der Waals surface area (Å²) in [5.74, 6) is -1.81. The number of halogens is 1. The van der Waals surface area contributed by atoms with E-state index in [4.69, 9.17) is 20.9 Å². The molecule has 0 bridgehead atoms. The summed E-state index contributed by atoms with van der Waals surface area (Å²) >= 11 is 0.698. The lowest BCUT2D eigenvalue weighted by atomic mass is 10.0. The quantitative estimate of drug-likeness (QED) is 0.376. The highest BCUT2D eigenvalue weighted by atomic mass is 32.1. The van der Waals surface area contributed by atoms with Gasteiger partial charge in [0.2, 0.25) is 5.91 Å². The van der Waals surface area contributed by atoms with E-state index in [2.05, 4.69) is 9.69 Å². The maximum atomic E-state index is 14.1. The number of nitrogens with two attached hydrogens (primary N) is 2. The van der Waals surface area contributed by atoms with Crippen LogP contribution in [0.1, 0.15) is 57.4 Å². The third-order valence-corrected chi connectivity index (χ3v) is 7.26. The van der Waals surface area contributed by atoms with Crippen LogP contribution in [0.15, 0.2) is 42.5 Å². The van der Waals surface area contributed by atoms with Gasteiger partial charge in [0.25, 0.3) is 11.8 Å². The number of primary amides is 1. The number of nitrogen functional groups attached to an aromatic ring is 1. The van der Waals surface area contributed by atoms with Crippen molar-refractivity contribution in [2.45, 2.75) is 37.8 Å². The predicted molar refractivity (Wildman–Crippen MR) is 141 cm³/mol. The summed E-state index contributed by atoms with van der Waals surface area (Å²) < 4.78 is 28.6. The Kier molecular flexibility index (Phi) is 8.10. The highest BCUT2D eigenvalue weighted by molar-refractivity contribution is 7.09. The molecule has 1 atom stereocenters. The third kappa shape index (κ3) is 5.40. The Labute approximate surface area is 222 Å². The van der Waals surface area contributed by atoms with Crippen molar-refractivity contribution in [1.29, 1.82) is 0 Å². The second-order valence-electron chi connectivity index (χ2n) is 8.80. The van der Waals surface area contributed by atoms with Crippen LogP contribution in [0.4, 0.5) is 15.8 Å². The molecule has 1 aliphatic rings. The van der Waals surface area contributed by atoms with Gasteiger partial charge in [-0.2, -0.15) is 4.37 Å². The summed E-state index contributed by atoms with van der Waals surface area (Å²) in [6.45, 7) is 0. The van der Waals surface area contributed by atoms with Crippen LogP contribution in [0, 0.1) is 5.82 Å². The molecule has 1 fully saturated rings. The van der Waals surface area contributed by atoms with Crippen LogP contribution in [-0.4, -0.2) is 42.4 Å². The van der Waals surface area contributed by atoms with Gasteiger partial charge in [-0.05, 0) is 54.2 Å². The molecular weight excluding hydrogens is 513 g/mol. The molecule has 0 unspecified atom stereocenters. The molecule has 12 heteroatoms. The lowest BCUT2D eigenvalue weighted by molar-refractivity contribution is -0.123. The number of carbonyl (C=O) groups excluding carboxylic acids is 3. The Morgan fingerprint density at radius 2 is 1.74 bits per heavy atom. The van der Waals surface area contributed by atoms with E-state index in [0.29, 0.717) is 28.6 Å². The molecule has 4 rings (SSSR count). The average molecular weight is 542 g/mol. The number of aromatic nitrogens is 1. The van der Waals surface area contributed by atoms with E-state index < -0.39 is 29.6 Å². The molecule has 0 saturated heterocycles. The molecule has 10 nitrogen and oxygen atoms in total. The Morgan fingerprint density at radius 1 is 1.08 bits per heavy atom. The van der Waals surface area contributed by atoms with E-state index >= 15 is 0 Å². The van der Waals surface area contributed by atoms with Gasteiger partial charge in [0, 0.05) is 17.8 Å². The van der Waals surface area contributed by atoms with E-state index in [1.165, 1.54) is 43.4 Å². The first kappa shape index (κ1) is 26.9. The van der Waals surface area contributed by atoms with Crippen LogP contribution in [0.25, 0.3) is 0 Å². The monoisotopic (exact) mass is 541 g/mol. The molecule has 0 radical (unpaired) electrons. The minimum absolute atomic E-state index is 0.0530. The summed E-state index contributed by atoms with van der Waals surface area (Å²) in [7, 11) is 2.92. The fourth-order valence-electron chi connectivity index (χ4n) is 4.51. The van der Waals surface area contributed by atoms with Crippen molar-refractivity contribution in [2.75, 3.05) is 24.9 Å². The van der Waals surface area contributed by atoms with Crippen molar-refractivity contribution in [3.63, 3.8) is 0 Å². The number of ether oxygens (including phenoxy) is 2. The molecule has 3 aromatic rings. The minimum atomic E-state index is -1.22. The number of rotatable bonds is 9. The van der Waals surface area contributed by atoms with Gasteiger partial charge < -0.3 is 26.3 Å². The topological polar surface area (TPSA) is 150 Å². The summed E-state index contributed by atoms with van der Waals surface area (Å²) in [4.78, 5) is 40.9. The van der Waals surface area contributed by atoms with Crippen molar-refractivity contribution in [2.24, 2.45) is 5.73 Å². The van der Waals surface area contributed by atoms with Gasteiger partial charge in [0.1, 0.15) is 16.7 Å². The van der Waals surface area contributed by atoms with Crippen molar-refractivity contribution in [1.82, 2.24) is 9.69 Å². The fraction of sp³-hybridized carbons (Fsp3) is 0.308. The fourth-order valence-corrected chi connectivity index (χ4v) is 5.25. The molecule has 1 saturated carbocycles. The Bertz CT molecular complexity index is 1340. The van der Waals surface area contributed by atoms with E-state index in [9.17, 15) is 18.8 Å². The van der Waals surface area contributed by atoms with E-state index in [-0.39, 0.29) is 28.0 Å². The molecule has 3 amide bonds. The number of nitrogens with one attached hydrogen (secondary N) is 1. The highest BCUT2D eigenvalue weighted by Crippen LogP contribution is 2.38. The van der Waals surface area contributed by atoms with Gasteiger partial charge in [0.05, 0.1) is 19.9 Å². The zero-order chi connectivity index (χ0) is 27.4. The van der Waals surface area contributed by atoms with Crippen molar-refractivity contribution >= 4 is 40.6 Å². The van der Waals surface area contributed by atoms with Crippen LogP contribution in [0.5, 0.6) is 11.5 Å². The first-order chi connectivity index (χ1) is 18.2. The number of methoxy groups -OCH3 is 2. The third-order valence-electron chi connectivity index (χ3n) is 6.41. The van der Waals surface area contributed by atoms with Gasteiger partial charge >= 0.3 is 0 Å². The summed E-state index contributed by atoms with van der Waals surface area (Å²) in [5, 5.41) is 3.04. The standard InChI is InChI=1S/C26H28FN5O5S/c1-36-18-12-11-17(13-19(18)37-2)32(26(35)23-20(28)21(24(29)33)31-38-23)22(14-7-9-15(27)10-8-14)25(34)30-16-5-3-4-6-16/h7-13,16,22H,3-6,28H2,1-2H3,(H2,29,33)(H,30,34)/t22-/m0/s1. The maximum Gasteiger partial charge on any atom is 0.273 e. The minimum Gasteiger partial charge on any atom is -0.493 e. The van der Waals surface area contributed by atoms with Gasteiger partial charge in [-0.25, -0.2) is 4.39 Å². The Morgan fingerprint density at radius 3 is 2.32 bits per heavy atom. The molecule has 1 aliphatic carbocycles. The van der Waals surface area contributed by atoms with E-state index in [1.54, 1.807) is 18.2 Å². The molecule has 0 aliphatic heterocycles. The van der Waals surface area contributed by atoms with Gasteiger partial charge in [0.15, 0.2) is 17.2 Å². The van der Waals surface area contributed by atoms with E-state index in [0.717, 1.165) is 25.7 Å². The average Bonchev–Trinajstić information content (AvgIpc) is 3.56. The van der Waals surface area contributed by atoms with E-state index in [1.807, 2.05) is 0 Å². The van der Waals surface area contributed by atoms with Crippen molar-refractivity contribution in [3.8, 4) is 11.5 Å². The second kappa shape index (κ2) is 11.5. The maximum absolute atomic E-state index is 14.1. The van der Waals surface area contributed by atoms with Crippen LogP contribution in [-0.2, 0) is 4.79 Å². The molecule has 200 valence electrons. The lowest BCUT2D eigenvalue weighted by Gasteiger charge is -2.32. The second-order valence-corrected chi connectivity index (χ2v) is 9.57. The molecule has 1 heterocycles. The number of carbonyl (C=O) groups is 3. The summed E-state index contributed by atoms with van der Waals surface area (Å²) in [6.07, 6.45) is 3.60. The van der Waals surface area contributed by atoms with Crippen molar-refractivity contribution in [3.05, 3.63) is 64.4 Å². The molecule has 0 spiro atoms.